The predicted molar refractivity (Wildman–Crippen MR) is 108 cm³/mol. The normalized spacial score (nSPS) is 15.9. The molecule has 0 radical (unpaired) electrons. The topological polar surface area (TPSA) is 23.6 Å². The molecule has 138 valence electrons. The van der Waals surface area contributed by atoms with Gasteiger partial charge in [-0.1, -0.05) is 68.8 Å². The van der Waals surface area contributed by atoms with Gasteiger partial charge < -0.3 is 4.90 Å². The van der Waals surface area contributed by atoms with Crippen molar-refractivity contribution in [1.29, 1.82) is 0 Å². The highest BCUT2D eigenvalue weighted by Crippen LogP contribution is 2.23. The molecule has 3 rings (SSSR count). The number of carbonyl (C=O) groups is 1. The summed E-state index contributed by atoms with van der Waals surface area (Å²) in [4.78, 5) is 16.9. The minimum absolute atomic E-state index is 0.0322. The van der Waals surface area contributed by atoms with E-state index in [4.69, 9.17) is 11.6 Å². The lowest BCUT2D eigenvalue weighted by Gasteiger charge is -2.35. The molecule has 4 heteroatoms. The van der Waals surface area contributed by atoms with Crippen LogP contribution in [0.1, 0.15) is 42.3 Å². The van der Waals surface area contributed by atoms with E-state index in [-0.39, 0.29) is 11.3 Å². The van der Waals surface area contributed by atoms with Crippen molar-refractivity contribution in [2.45, 2.75) is 32.7 Å². The van der Waals surface area contributed by atoms with E-state index >= 15 is 0 Å². The molecule has 1 saturated heterocycles. The fourth-order valence-corrected chi connectivity index (χ4v) is 3.50. The van der Waals surface area contributed by atoms with Crippen molar-refractivity contribution in [3.8, 4) is 0 Å². The van der Waals surface area contributed by atoms with Gasteiger partial charge in [0.05, 0.1) is 10.6 Å². The molecule has 1 amide bonds. The van der Waals surface area contributed by atoms with E-state index in [1.54, 1.807) is 12.1 Å². The molecule has 1 heterocycles. The van der Waals surface area contributed by atoms with Gasteiger partial charge in [0.2, 0.25) is 0 Å². The van der Waals surface area contributed by atoms with E-state index in [9.17, 15) is 4.79 Å². The third-order valence-corrected chi connectivity index (χ3v) is 5.32. The summed E-state index contributed by atoms with van der Waals surface area (Å²) in [7, 11) is 0. The van der Waals surface area contributed by atoms with Crippen molar-refractivity contribution in [3.63, 3.8) is 0 Å². The summed E-state index contributed by atoms with van der Waals surface area (Å²) < 4.78 is 0. The Morgan fingerprint density at radius 3 is 2.15 bits per heavy atom. The minimum Gasteiger partial charge on any atom is -0.336 e. The molecule has 1 fully saturated rings. The molecule has 0 saturated carbocycles. The number of benzene rings is 2. The van der Waals surface area contributed by atoms with Crippen LogP contribution in [-0.2, 0) is 12.0 Å². The van der Waals surface area contributed by atoms with Gasteiger partial charge in [0, 0.05) is 32.7 Å². The number of hydrogen-bond donors (Lipinski definition) is 0. The van der Waals surface area contributed by atoms with Crippen LogP contribution in [0, 0.1) is 0 Å². The summed E-state index contributed by atoms with van der Waals surface area (Å²) in [5.41, 5.74) is 3.46. The molecule has 0 N–H and O–H groups in total. The fourth-order valence-electron chi connectivity index (χ4n) is 3.28. The highest BCUT2D eigenvalue weighted by atomic mass is 35.5. The van der Waals surface area contributed by atoms with Crippen molar-refractivity contribution >= 4 is 17.5 Å². The first-order chi connectivity index (χ1) is 12.3. The van der Waals surface area contributed by atoms with Crippen LogP contribution in [0.3, 0.4) is 0 Å². The maximum Gasteiger partial charge on any atom is 0.255 e. The third kappa shape index (κ3) is 4.46. The van der Waals surface area contributed by atoms with E-state index in [1.807, 2.05) is 17.0 Å². The molecule has 1 aliphatic heterocycles. The van der Waals surface area contributed by atoms with Crippen molar-refractivity contribution < 1.29 is 4.79 Å². The average Bonchev–Trinajstić information content (AvgIpc) is 2.62. The predicted octanol–water partition coefficient (Wildman–Crippen LogP) is 4.60. The summed E-state index contributed by atoms with van der Waals surface area (Å²) in [6.45, 7) is 10.9. The monoisotopic (exact) mass is 370 g/mol. The van der Waals surface area contributed by atoms with E-state index in [1.165, 1.54) is 11.1 Å². The zero-order valence-electron chi connectivity index (χ0n) is 15.8. The van der Waals surface area contributed by atoms with Crippen molar-refractivity contribution in [1.82, 2.24) is 9.80 Å². The second-order valence-electron chi connectivity index (χ2n) is 8.00. The quantitative estimate of drug-likeness (QED) is 0.788. The summed E-state index contributed by atoms with van der Waals surface area (Å²) in [5, 5.41) is 0.527. The van der Waals surface area contributed by atoms with Crippen molar-refractivity contribution in [2.24, 2.45) is 0 Å². The lowest BCUT2D eigenvalue weighted by molar-refractivity contribution is 0.0628. The lowest BCUT2D eigenvalue weighted by atomic mass is 9.87. The molecule has 26 heavy (non-hydrogen) atoms. The number of amides is 1. The number of piperazine rings is 1. The van der Waals surface area contributed by atoms with Crippen LogP contribution in [0.25, 0.3) is 0 Å². The highest BCUT2D eigenvalue weighted by Gasteiger charge is 2.23. The minimum atomic E-state index is 0.0322. The molecule has 0 atom stereocenters. The van der Waals surface area contributed by atoms with Gasteiger partial charge in [0.15, 0.2) is 0 Å². The van der Waals surface area contributed by atoms with Crippen molar-refractivity contribution in [3.05, 3.63) is 70.2 Å². The van der Waals surface area contributed by atoms with Crippen LogP contribution in [0.5, 0.6) is 0 Å². The van der Waals surface area contributed by atoms with Crippen LogP contribution in [0.2, 0.25) is 5.02 Å². The Hall–Kier alpha value is -1.84. The largest absolute Gasteiger partial charge is 0.336 e. The molecule has 1 aliphatic rings. The molecule has 3 nitrogen and oxygen atoms in total. The van der Waals surface area contributed by atoms with Crippen LogP contribution in [-0.4, -0.2) is 41.9 Å². The Morgan fingerprint density at radius 2 is 1.58 bits per heavy atom. The number of hydrogen-bond acceptors (Lipinski definition) is 2. The van der Waals surface area contributed by atoms with Gasteiger partial charge >= 0.3 is 0 Å². The SMILES string of the molecule is CC(C)(C)c1ccc(CN2CCN(C(=O)c3ccccc3Cl)CC2)cc1. The standard InChI is InChI=1S/C22H27ClN2O/c1-22(2,3)18-10-8-17(9-11-18)16-24-12-14-25(15-13-24)21(26)19-6-4-5-7-20(19)23/h4-11H,12-16H2,1-3H3. The smallest absolute Gasteiger partial charge is 0.255 e. The number of nitrogens with zero attached hydrogens (tertiary/aromatic N) is 2. The molecule has 2 aromatic carbocycles. The zero-order chi connectivity index (χ0) is 18.7. The Labute approximate surface area is 161 Å². The summed E-state index contributed by atoms with van der Waals surface area (Å²) >= 11 is 6.16. The molecule has 0 unspecified atom stereocenters. The third-order valence-electron chi connectivity index (χ3n) is 4.99. The molecule has 0 aromatic heterocycles. The Kier molecular flexibility index (Phi) is 5.69. The number of halogens is 1. The highest BCUT2D eigenvalue weighted by molar-refractivity contribution is 6.33. The van der Waals surface area contributed by atoms with E-state index < -0.39 is 0 Å². The van der Waals surface area contributed by atoms with Crippen LogP contribution >= 0.6 is 11.6 Å². The Bertz CT molecular complexity index is 756. The second kappa shape index (κ2) is 7.81. The van der Waals surface area contributed by atoms with Gasteiger partial charge in [-0.25, -0.2) is 0 Å². The van der Waals surface area contributed by atoms with E-state index in [0.29, 0.717) is 10.6 Å². The molecule has 2 aromatic rings. The van der Waals surface area contributed by atoms with Crippen molar-refractivity contribution in [2.75, 3.05) is 26.2 Å². The molecular formula is C22H27ClN2O. The fraction of sp³-hybridized carbons (Fsp3) is 0.409. The molecule has 0 bridgehead atoms. The van der Waals surface area contributed by atoms with Gasteiger partial charge in [-0.05, 0) is 28.7 Å². The van der Waals surface area contributed by atoms with E-state index in [0.717, 1.165) is 32.7 Å². The van der Waals surface area contributed by atoms with E-state index in [2.05, 4.69) is 49.9 Å². The number of carbonyl (C=O) groups excluding carboxylic acids is 1. The molecule has 0 aliphatic carbocycles. The van der Waals surface area contributed by atoms with Gasteiger partial charge in [-0.3, -0.25) is 9.69 Å². The summed E-state index contributed by atoms with van der Waals surface area (Å²) in [6.07, 6.45) is 0. The first-order valence-electron chi connectivity index (χ1n) is 9.20. The first kappa shape index (κ1) is 18.9. The first-order valence-corrected chi connectivity index (χ1v) is 9.58. The van der Waals surface area contributed by atoms with Gasteiger partial charge in [0.1, 0.15) is 0 Å². The maximum absolute atomic E-state index is 12.6. The molecular weight excluding hydrogens is 344 g/mol. The average molecular weight is 371 g/mol. The van der Waals surface area contributed by atoms with Crippen LogP contribution < -0.4 is 0 Å². The number of rotatable bonds is 3. The van der Waals surface area contributed by atoms with Crippen LogP contribution in [0.15, 0.2) is 48.5 Å². The second-order valence-corrected chi connectivity index (χ2v) is 8.40. The zero-order valence-corrected chi connectivity index (χ0v) is 16.6. The summed E-state index contributed by atoms with van der Waals surface area (Å²) in [6, 6.07) is 16.2. The van der Waals surface area contributed by atoms with Gasteiger partial charge in [0.25, 0.3) is 5.91 Å². The van der Waals surface area contributed by atoms with Gasteiger partial charge in [-0.15, -0.1) is 0 Å². The lowest BCUT2D eigenvalue weighted by Crippen LogP contribution is -2.48. The van der Waals surface area contributed by atoms with Gasteiger partial charge in [-0.2, -0.15) is 0 Å². The van der Waals surface area contributed by atoms with Crippen LogP contribution in [0.4, 0.5) is 0 Å². The Morgan fingerprint density at radius 1 is 0.962 bits per heavy atom. The molecule has 0 spiro atoms. The maximum atomic E-state index is 12.6. The Balaban J connectivity index is 1.56. The summed E-state index contributed by atoms with van der Waals surface area (Å²) in [5.74, 6) is 0.0322.